The van der Waals surface area contributed by atoms with Crippen LogP contribution in [-0.4, -0.2) is 40.0 Å². The van der Waals surface area contributed by atoms with Gasteiger partial charge in [-0.15, -0.1) is 0 Å². The first-order valence-electron chi connectivity index (χ1n) is 5.07. The van der Waals surface area contributed by atoms with E-state index in [2.05, 4.69) is 4.72 Å². The lowest BCUT2D eigenvalue weighted by molar-refractivity contribution is 0.321. The van der Waals surface area contributed by atoms with Gasteiger partial charge in [0.05, 0.1) is 0 Å². The van der Waals surface area contributed by atoms with Crippen molar-refractivity contribution in [3.8, 4) is 5.75 Å². The van der Waals surface area contributed by atoms with Crippen LogP contribution in [0.25, 0.3) is 0 Å². The molecule has 0 saturated heterocycles. The summed E-state index contributed by atoms with van der Waals surface area (Å²) in [6.45, 7) is 0.450. The molecule has 0 spiro atoms. The molecule has 7 heteroatoms. The summed E-state index contributed by atoms with van der Waals surface area (Å²) in [5.74, 6) is 0.619. The van der Waals surface area contributed by atoms with Crippen LogP contribution in [-0.2, 0) is 10.2 Å². The van der Waals surface area contributed by atoms with E-state index in [9.17, 15) is 8.42 Å². The van der Waals surface area contributed by atoms with Crippen LogP contribution in [0.5, 0.6) is 5.75 Å². The molecular formula is C10H17N3O3S. The number of nitrogen functional groups attached to an aromatic ring is 1. The largest absolute Gasteiger partial charge is 0.492 e. The van der Waals surface area contributed by atoms with Gasteiger partial charge in [0, 0.05) is 32.4 Å². The summed E-state index contributed by atoms with van der Waals surface area (Å²) >= 11 is 0. The lowest BCUT2D eigenvalue weighted by Gasteiger charge is -2.12. The van der Waals surface area contributed by atoms with Gasteiger partial charge in [0.25, 0.3) is 10.2 Å². The Morgan fingerprint density at radius 3 is 2.71 bits per heavy atom. The second kappa shape index (κ2) is 5.85. The summed E-state index contributed by atoms with van der Waals surface area (Å²) in [6, 6.07) is 6.97. The van der Waals surface area contributed by atoms with Crippen LogP contribution in [0.15, 0.2) is 24.3 Å². The van der Waals surface area contributed by atoms with Crippen LogP contribution in [0, 0.1) is 0 Å². The summed E-state index contributed by atoms with van der Waals surface area (Å²) in [4.78, 5) is 0. The Bertz CT molecular complexity index is 460. The predicted octanol–water partition coefficient (Wildman–Crippen LogP) is 0.0436. The van der Waals surface area contributed by atoms with Crippen molar-refractivity contribution in [2.24, 2.45) is 0 Å². The van der Waals surface area contributed by atoms with Crippen molar-refractivity contribution in [3.05, 3.63) is 24.3 Å². The molecule has 3 N–H and O–H groups in total. The number of benzene rings is 1. The topological polar surface area (TPSA) is 84.7 Å². The molecule has 0 saturated carbocycles. The minimum atomic E-state index is -3.38. The zero-order chi connectivity index (χ0) is 12.9. The quantitative estimate of drug-likeness (QED) is 0.558. The van der Waals surface area contributed by atoms with Gasteiger partial charge in [-0.05, 0) is 12.1 Å². The van der Waals surface area contributed by atoms with Crippen LogP contribution < -0.4 is 15.2 Å². The van der Waals surface area contributed by atoms with Gasteiger partial charge in [0.2, 0.25) is 0 Å². The van der Waals surface area contributed by atoms with Gasteiger partial charge in [-0.3, -0.25) is 0 Å². The second-order valence-corrected chi connectivity index (χ2v) is 5.57. The van der Waals surface area contributed by atoms with Crippen molar-refractivity contribution in [1.29, 1.82) is 0 Å². The molecule has 1 aromatic carbocycles. The number of rotatable bonds is 6. The third-order valence-corrected chi connectivity index (χ3v) is 3.52. The monoisotopic (exact) mass is 259 g/mol. The molecule has 0 aliphatic carbocycles. The minimum Gasteiger partial charge on any atom is -0.492 e. The predicted molar refractivity (Wildman–Crippen MR) is 67.0 cm³/mol. The summed E-state index contributed by atoms with van der Waals surface area (Å²) in [5, 5.41) is 0. The van der Waals surface area contributed by atoms with Crippen LogP contribution in [0.1, 0.15) is 0 Å². The number of hydrogen-bond donors (Lipinski definition) is 2. The van der Waals surface area contributed by atoms with Crippen molar-refractivity contribution in [1.82, 2.24) is 9.03 Å². The van der Waals surface area contributed by atoms with E-state index < -0.39 is 10.2 Å². The first-order valence-corrected chi connectivity index (χ1v) is 6.51. The Balaban J connectivity index is 2.35. The van der Waals surface area contributed by atoms with Crippen LogP contribution in [0.3, 0.4) is 0 Å². The fourth-order valence-corrected chi connectivity index (χ4v) is 1.67. The highest BCUT2D eigenvalue weighted by molar-refractivity contribution is 7.87. The Hall–Kier alpha value is -1.31. The van der Waals surface area contributed by atoms with Crippen molar-refractivity contribution in [3.63, 3.8) is 0 Å². The zero-order valence-corrected chi connectivity index (χ0v) is 10.7. The number of nitrogens with one attached hydrogen (secondary N) is 1. The Morgan fingerprint density at radius 1 is 1.41 bits per heavy atom. The molecule has 0 atom stereocenters. The number of hydrogen-bond acceptors (Lipinski definition) is 4. The summed E-state index contributed by atoms with van der Waals surface area (Å²) < 4.78 is 31.5. The molecule has 96 valence electrons. The van der Waals surface area contributed by atoms with Crippen molar-refractivity contribution < 1.29 is 13.2 Å². The molecule has 0 bridgehead atoms. The molecule has 1 aromatic rings. The zero-order valence-electron chi connectivity index (χ0n) is 9.88. The molecule has 17 heavy (non-hydrogen) atoms. The highest BCUT2D eigenvalue weighted by Gasteiger charge is 2.11. The molecule has 0 aliphatic heterocycles. The molecular weight excluding hydrogens is 242 g/mol. The molecule has 0 fully saturated rings. The first-order chi connectivity index (χ1) is 7.92. The molecule has 0 unspecified atom stereocenters. The third-order valence-electron chi connectivity index (χ3n) is 1.99. The smallest absolute Gasteiger partial charge is 0.279 e. The standard InChI is InChI=1S/C10H17N3O3S/c1-13(2)17(14,15)12-6-7-16-10-5-3-4-9(11)8-10/h3-5,8,12H,6-7,11H2,1-2H3. The fourth-order valence-electron chi connectivity index (χ4n) is 1.07. The summed E-state index contributed by atoms with van der Waals surface area (Å²) in [7, 11) is -0.463. The highest BCUT2D eigenvalue weighted by Crippen LogP contribution is 2.13. The molecule has 0 aliphatic rings. The number of ether oxygens (including phenoxy) is 1. The normalized spacial score (nSPS) is 11.7. The fraction of sp³-hybridized carbons (Fsp3) is 0.400. The molecule has 0 amide bonds. The second-order valence-electron chi connectivity index (χ2n) is 3.60. The number of anilines is 1. The van der Waals surface area contributed by atoms with Crippen LogP contribution in [0.2, 0.25) is 0 Å². The van der Waals surface area contributed by atoms with Crippen molar-refractivity contribution >= 4 is 15.9 Å². The maximum Gasteiger partial charge on any atom is 0.279 e. The number of nitrogens with zero attached hydrogens (tertiary/aromatic N) is 1. The SMILES string of the molecule is CN(C)S(=O)(=O)NCCOc1cccc(N)c1. The summed E-state index contributed by atoms with van der Waals surface area (Å²) in [5.41, 5.74) is 6.18. The van der Waals surface area contributed by atoms with Gasteiger partial charge in [0.1, 0.15) is 12.4 Å². The van der Waals surface area contributed by atoms with Gasteiger partial charge in [0.15, 0.2) is 0 Å². The highest BCUT2D eigenvalue weighted by atomic mass is 32.2. The maximum atomic E-state index is 11.3. The van der Waals surface area contributed by atoms with Crippen LogP contribution in [0.4, 0.5) is 5.69 Å². The van der Waals surface area contributed by atoms with Gasteiger partial charge in [-0.25, -0.2) is 0 Å². The van der Waals surface area contributed by atoms with Gasteiger partial charge < -0.3 is 10.5 Å². The minimum absolute atomic E-state index is 0.204. The van der Waals surface area contributed by atoms with E-state index in [1.54, 1.807) is 24.3 Å². The molecule has 0 aromatic heterocycles. The van der Waals surface area contributed by atoms with Crippen LogP contribution >= 0.6 is 0 Å². The molecule has 0 heterocycles. The van der Waals surface area contributed by atoms with Crippen molar-refractivity contribution in [2.75, 3.05) is 33.0 Å². The van der Waals surface area contributed by atoms with Gasteiger partial charge >= 0.3 is 0 Å². The van der Waals surface area contributed by atoms with Gasteiger partial charge in [-0.1, -0.05) is 6.07 Å². The lowest BCUT2D eigenvalue weighted by atomic mass is 10.3. The van der Waals surface area contributed by atoms with E-state index in [0.29, 0.717) is 11.4 Å². The van der Waals surface area contributed by atoms with Crippen molar-refractivity contribution in [2.45, 2.75) is 0 Å². The Kier molecular flexibility index (Phi) is 4.73. The molecule has 6 nitrogen and oxygen atoms in total. The third kappa shape index (κ3) is 4.59. The maximum absolute atomic E-state index is 11.3. The Labute approximate surface area is 102 Å². The van der Waals surface area contributed by atoms with E-state index in [0.717, 1.165) is 4.31 Å². The van der Waals surface area contributed by atoms with E-state index in [1.165, 1.54) is 14.1 Å². The van der Waals surface area contributed by atoms with E-state index in [-0.39, 0.29) is 13.2 Å². The van der Waals surface area contributed by atoms with Gasteiger partial charge in [-0.2, -0.15) is 17.4 Å². The average Bonchev–Trinajstić information content (AvgIpc) is 2.24. The first kappa shape index (κ1) is 13.8. The Morgan fingerprint density at radius 2 is 2.12 bits per heavy atom. The molecule has 1 rings (SSSR count). The molecule has 0 radical (unpaired) electrons. The average molecular weight is 259 g/mol. The lowest BCUT2D eigenvalue weighted by Crippen LogP contribution is -2.37. The van der Waals surface area contributed by atoms with E-state index in [1.807, 2.05) is 0 Å². The van der Waals surface area contributed by atoms with E-state index >= 15 is 0 Å². The van der Waals surface area contributed by atoms with E-state index in [4.69, 9.17) is 10.5 Å². The summed E-state index contributed by atoms with van der Waals surface area (Å²) in [6.07, 6.45) is 0. The number of nitrogens with two attached hydrogens (primary N) is 1.